The van der Waals surface area contributed by atoms with Crippen molar-refractivity contribution in [2.45, 2.75) is 32.9 Å². The Morgan fingerprint density at radius 1 is 1.48 bits per heavy atom. The largest absolute Gasteiger partial charge is 0.383 e. The van der Waals surface area contributed by atoms with Gasteiger partial charge in [0.05, 0.1) is 12.3 Å². The van der Waals surface area contributed by atoms with Crippen molar-refractivity contribution in [1.29, 1.82) is 0 Å². The number of ether oxygens (including phenoxy) is 1. The molecule has 1 aromatic heterocycles. The molecule has 1 unspecified atom stereocenters. The second-order valence-corrected chi connectivity index (χ2v) is 6.41. The first-order chi connectivity index (χ1) is 10.0. The molecule has 0 bridgehead atoms. The van der Waals surface area contributed by atoms with Crippen molar-refractivity contribution in [2.75, 3.05) is 44.2 Å². The molecule has 122 valence electrons. The number of rotatable bonds is 10. The van der Waals surface area contributed by atoms with Gasteiger partial charge in [0.1, 0.15) is 5.82 Å². The molecule has 5 nitrogen and oxygen atoms in total. The molecule has 0 fully saturated rings. The minimum Gasteiger partial charge on any atom is -0.383 e. The second kappa shape index (κ2) is 9.33. The predicted octanol–water partition coefficient (Wildman–Crippen LogP) is 2.04. The van der Waals surface area contributed by atoms with Crippen molar-refractivity contribution in [1.82, 2.24) is 15.1 Å². The highest BCUT2D eigenvalue weighted by atomic mass is 32.2. The van der Waals surface area contributed by atoms with Crippen LogP contribution in [0.3, 0.4) is 0 Å². The summed E-state index contributed by atoms with van der Waals surface area (Å²) in [6.07, 6.45) is 3.34. The van der Waals surface area contributed by atoms with E-state index >= 15 is 0 Å². The Bertz CT molecular complexity index is 422. The van der Waals surface area contributed by atoms with E-state index in [0.29, 0.717) is 6.04 Å². The van der Waals surface area contributed by atoms with Gasteiger partial charge in [-0.3, -0.25) is 4.68 Å². The summed E-state index contributed by atoms with van der Waals surface area (Å²) in [6.45, 7) is 6.78. The first-order valence-electron chi connectivity index (χ1n) is 7.46. The zero-order valence-corrected chi connectivity index (χ0v) is 15.1. The molecule has 0 amide bonds. The Labute approximate surface area is 133 Å². The van der Waals surface area contributed by atoms with E-state index in [4.69, 9.17) is 4.74 Å². The molecule has 1 heterocycles. The van der Waals surface area contributed by atoms with E-state index in [-0.39, 0.29) is 0 Å². The molecule has 1 rings (SSSR count). The van der Waals surface area contributed by atoms with Gasteiger partial charge in [-0.2, -0.15) is 16.9 Å². The van der Waals surface area contributed by atoms with Crippen LogP contribution in [0.1, 0.15) is 24.6 Å². The summed E-state index contributed by atoms with van der Waals surface area (Å²) in [5.74, 6) is 2.40. The molecule has 1 atom stereocenters. The van der Waals surface area contributed by atoms with E-state index in [0.717, 1.165) is 25.4 Å². The molecule has 0 spiro atoms. The van der Waals surface area contributed by atoms with E-state index < -0.39 is 0 Å². The number of methoxy groups -OCH3 is 1. The van der Waals surface area contributed by atoms with Gasteiger partial charge in [0.15, 0.2) is 0 Å². The van der Waals surface area contributed by atoms with Crippen LogP contribution in [-0.4, -0.2) is 55.1 Å². The van der Waals surface area contributed by atoms with Gasteiger partial charge in [-0.05, 0) is 32.3 Å². The fraction of sp³-hybridized carbons (Fsp3) is 0.800. The predicted molar refractivity (Wildman–Crippen MR) is 92.4 cm³/mol. The Kier molecular flexibility index (Phi) is 8.14. The van der Waals surface area contributed by atoms with Crippen LogP contribution in [-0.2, 0) is 18.3 Å². The maximum atomic E-state index is 5.08. The number of anilines is 1. The molecule has 0 aliphatic heterocycles. The third-order valence-corrected chi connectivity index (χ3v) is 4.48. The molecule has 0 aliphatic rings. The van der Waals surface area contributed by atoms with Gasteiger partial charge in [0, 0.05) is 45.9 Å². The van der Waals surface area contributed by atoms with E-state index in [1.165, 1.54) is 23.6 Å². The highest BCUT2D eigenvalue weighted by molar-refractivity contribution is 7.98. The van der Waals surface area contributed by atoms with Crippen LogP contribution in [0.5, 0.6) is 0 Å². The minimum atomic E-state index is 0.505. The third-order valence-electron chi connectivity index (χ3n) is 3.83. The van der Waals surface area contributed by atoms with E-state index in [1.807, 2.05) is 23.5 Å². The molecule has 6 heteroatoms. The number of aromatic nitrogens is 2. The normalized spacial score (nSPS) is 12.7. The number of nitrogens with one attached hydrogen (secondary N) is 1. The molecular formula is C15H30N4OS. The van der Waals surface area contributed by atoms with Crippen LogP contribution in [0, 0.1) is 6.92 Å². The van der Waals surface area contributed by atoms with Crippen LogP contribution in [0.2, 0.25) is 0 Å². The summed E-state index contributed by atoms with van der Waals surface area (Å²) in [5.41, 5.74) is 2.38. The average molecular weight is 314 g/mol. The van der Waals surface area contributed by atoms with Crippen molar-refractivity contribution < 1.29 is 4.74 Å². The van der Waals surface area contributed by atoms with Gasteiger partial charge < -0.3 is 15.0 Å². The Hall–Kier alpha value is -0.720. The second-order valence-electron chi connectivity index (χ2n) is 5.42. The fourth-order valence-corrected chi connectivity index (χ4v) is 2.99. The summed E-state index contributed by atoms with van der Waals surface area (Å²) < 4.78 is 7.08. The first kappa shape index (κ1) is 18.3. The summed E-state index contributed by atoms with van der Waals surface area (Å²) in [6, 6.07) is 0.505. The van der Waals surface area contributed by atoms with Crippen molar-refractivity contribution in [3.63, 3.8) is 0 Å². The smallest absolute Gasteiger partial charge is 0.131 e. The minimum absolute atomic E-state index is 0.505. The number of hydrogen-bond donors (Lipinski definition) is 1. The monoisotopic (exact) mass is 314 g/mol. The molecule has 0 saturated heterocycles. The lowest BCUT2D eigenvalue weighted by Crippen LogP contribution is -2.32. The highest BCUT2D eigenvalue weighted by Crippen LogP contribution is 2.24. The zero-order valence-electron chi connectivity index (χ0n) is 14.3. The van der Waals surface area contributed by atoms with Gasteiger partial charge in [-0.25, -0.2) is 0 Å². The molecule has 0 aromatic carbocycles. The topological polar surface area (TPSA) is 42.3 Å². The Morgan fingerprint density at radius 2 is 2.19 bits per heavy atom. The number of nitrogens with zero attached hydrogens (tertiary/aromatic N) is 3. The van der Waals surface area contributed by atoms with Crippen molar-refractivity contribution in [3.05, 3.63) is 11.3 Å². The maximum Gasteiger partial charge on any atom is 0.131 e. The van der Waals surface area contributed by atoms with Crippen molar-refractivity contribution >= 4 is 17.6 Å². The fourth-order valence-electron chi connectivity index (χ4n) is 2.42. The molecule has 0 radical (unpaired) electrons. The van der Waals surface area contributed by atoms with Gasteiger partial charge >= 0.3 is 0 Å². The lowest BCUT2D eigenvalue weighted by atomic mass is 10.2. The maximum absolute atomic E-state index is 5.08. The molecule has 1 aromatic rings. The van der Waals surface area contributed by atoms with Gasteiger partial charge in [-0.15, -0.1) is 0 Å². The van der Waals surface area contributed by atoms with Gasteiger partial charge in [0.2, 0.25) is 0 Å². The Morgan fingerprint density at radius 3 is 2.81 bits per heavy atom. The van der Waals surface area contributed by atoms with Crippen LogP contribution < -0.4 is 10.2 Å². The lowest BCUT2D eigenvalue weighted by Gasteiger charge is -2.28. The summed E-state index contributed by atoms with van der Waals surface area (Å²) in [5, 5.41) is 8.02. The van der Waals surface area contributed by atoms with Gasteiger partial charge in [-0.1, -0.05) is 0 Å². The molecule has 0 aliphatic carbocycles. The van der Waals surface area contributed by atoms with Crippen molar-refractivity contribution in [2.24, 2.45) is 7.05 Å². The van der Waals surface area contributed by atoms with Gasteiger partial charge in [0.25, 0.3) is 0 Å². The first-order valence-corrected chi connectivity index (χ1v) is 8.86. The molecule has 0 saturated carbocycles. The zero-order chi connectivity index (χ0) is 15.8. The quantitative estimate of drug-likeness (QED) is 0.670. The lowest BCUT2D eigenvalue weighted by molar-refractivity contribution is 0.199. The third kappa shape index (κ3) is 5.20. The van der Waals surface area contributed by atoms with Crippen molar-refractivity contribution in [3.8, 4) is 0 Å². The molecular weight excluding hydrogens is 284 g/mol. The molecule has 21 heavy (non-hydrogen) atoms. The molecule has 1 N–H and O–H groups in total. The van der Waals surface area contributed by atoms with Crippen LogP contribution >= 0.6 is 11.8 Å². The SMILES string of the molecule is COCCNCc1c(C)nn(C)c1N(C)C(C)CCSC. The summed E-state index contributed by atoms with van der Waals surface area (Å²) >= 11 is 1.90. The van der Waals surface area contributed by atoms with E-state index in [2.05, 4.69) is 42.5 Å². The van der Waals surface area contributed by atoms with E-state index in [9.17, 15) is 0 Å². The van der Waals surface area contributed by atoms with Crippen LogP contribution in [0.25, 0.3) is 0 Å². The average Bonchev–Trinajstić information content (AvgIpc) is 2.74. The van der Waals surface area contributed by atoms with Crippen LogP contribution in [0.15, 0.2) is 0 Å². The summed E-state index contributed by atoms with van der Waals surface area (Å²) in [4.78, 5) is 2.35. The number of thioether (sulfide) groups is 1. The van der Waals surface area contributed by atoms with E-state index in [1.54, 1.807) is 7.11 Å². The number of aryl methyl sites for hydroxylation is 2. The highest BCUT2D eigenvalue weighted by Gasteiger charge is 2.20. The standard InChI is InChI=1S/C15H30N4OS/c1-12(7-10-21-6)18(3)15-14(11-16-8-9-20-5)13(2)17-19(15)4/h12,16H,7-11H2,1-6H3. The Balaban J connectivity index is 2.79. The van der Waals surface area contributed by atoms with Crippen LogP contribution in [0.4, 0.5) is 5.82 Å². The summed E-state index contributed by atoms with van der Waals surface area (Å²) in [7, 11) is 5.92. The number of hydrogen-bond acceptors (Lipinski definition) is 5.